The maximum absolute atomic E-state index is 12.6. The number of benzene rings is 1. The van der Waals surface area contributed by atoms with Crippen LogP contribution >= 0.6 is 0 Å². The third-order valence-electron chi connectivity index (χ3n) is 4.41. The fourth-order valence-electron chi connectivity index (χ4n) is 2.88. The first-order chi connectivity index (χ1) is 14.0. The zero-order valence-corrected chi connectivity index (χ0v) is 16.5. The Hall–Kier alpha value is -3.42. The van der Waals surface area contributed by atoms with E-state index in [4.69, 9.17) is 4.74 Å². The Morgan fingerprint density at radius 2 is 1.83 bits per heavy atom. The SMILES string of the molecule is CC(C)C(NC(=O)COc1ccccc1)C(=O)NCCc1nnc2ccccn12. The molecule has 0 aliphatic heterocycles. The second-order valence-electron chi connectivity index (χ2n) is 6.98. The van der Waals surface area contributed by atoms with E-state index in [1.807, 2.05) is 60.8 Å². The second-order valence-corrected chi connectivity index (χ2v) is 6.98. The van der Waals surface area contributed by atoms with Crippen LogP contribution in [-0.4, -0.2) is 45.6 Å². The molecule has 2 aromatic heterocycles. The number of amides is 2. The molecule has 2 N–H and O–H groups in total. The van der Waals surface area contributed by atoms with Gasteiger partial charge < -0.3 is 15.4 Å². The molecule has 0 saturated carbocycles. The van der Waals surface area contributed by atoms with Crippen molar-refractivity contribution in [3.05, 3.63) is 60.6 Å². The summed E-state index contributed by atoms with van der Waals surface area (Å²) in [6.45, 7) is 4.02. The molecular formula is C21H25N5O3. The molecule has 2 heterocycles. The van der Waals surface area contributed by atoms with Crippen LogP contribution in [0.15, 0.2) is 54.7 Å². The van der Waals surface area contributed by atoms with Crippen LogP contribution in [0.25, 0.3) is 5.65 Å². The van der Waals surface area contributed by atoms with Gasteiger partial charge in [-0.25, -0.2) is 0 Å². The standard InChI is InChI=1S/C21H25N5O3/c1-15(2)20(23-19(27)14-29-16-8-4-3-5-9-16)21(28)22-12-11-18-25-24-17-10-6-7-13-26(17)18/h3-10,13,15,20H,11-12,14H2,1-2H3,(H,22,28)(H,23,27). The number of rotatable bonds is 9. The predicted octanol–water partition coefficient (Wildman–Crippen LogP) is 1.61. The van der Waals surface area contributed by atoms with Crippen LogP contribution in [0.3, 0.4) is 0 Å². The van der Waals surface area contributed by atoms with Crippen molar-refractivity contribution < 1.29 is 14.3 Å². The number of carbonyl (C=O) groups excluding carboxylic acids is 2. The summed E-state index contributed by atoms with van der Waals surface area (Å²) in [7, 11) is 0. The van der Waals surface area contributed by atoms with Gasteiger partial charge in [-0.1, -0.05) is 38.1 Å². The minimum absolute atomic E-state index is 0.0652. The van der Waals surface area contributed by atoms with Crippen molar-refractivity contribution in [2.45, 2.75) is 26.3 Å². The fourth-order valence-corrected chi connectivity index (χ4v) is 2.88. The summed E-state index contributed by atoms with van der Waals surface area (Å²) < 4.78 is 7.32. The van der Waals surface area contributed by atoms with E-state index in [0.717, 1.165) is 11.5 Å². The van der Waals surface area contributed by atoms with Gasteiger partial charge in [0.05, 0.1) is 0 Å². The number of hydrogen-bond acceptors (Lipinski definition) is 5. The molecule has 0 aliphatic carbocycles. The zero-order chi connectivity index (χ0) is 20.6. The Labute approximate surface area is 169 Å². The van der Waals surface area contributed by atoms with Crippen LogP contribution in [0, 0.1) is 5.92 Å². The molecular weight excluding hydrogens is 370 g/mol. The molecule has 0 fully saturated rings. The summed E-state index contributed by atoms with van der Waals surface area (Å²) in [6.07, 6.45) is 2.42. The first kappa shape index (κ1) is 20.3. The zero-order valence-electron chi connectivity index (χ0n) is 16.5. The third-order valence-corrected chi connectivity index (χ3v) is 4.41. The van der Waals surface area contributed by atoms with Gasteiger partial charge in [0.15, 0.2) is 12.3 Å². The minimum atomic E-state index is -0.642. The number of carbonyl (C=O) groups is 2. The molecule has 2 amide bonds. The van der Waals surface area contributed by atoms with Crippen molar-refractivity contribution in [1.82, 2.24) is 25.2 Å². The molecule has 0 bridgehead atoms. The molecule has 0 aliphatic rings. The van der Waals surface area contributed by atoms with Crippen molar-refractivity contribution in [2.75, 3.05) is 13.2 Å². The monoisotopic (exact) mass is 395 g/mol. The van der Waals surface area contributed by atoms with E-state index in [9.17, 15) is 9.59 Å². The predicted molar refractivity (Wildman–Crippen MR) is 108 cm³/mol. The topological polar surface area (TPSA) is 97.6 Å². The number of hydrogen-bond donors (Lipinski definition) is 2. The lowest BCUT2D eigenvalue weighted by Crippen LogP contribution is -2.51. The molecule has 8 nitrogen and oxygen atoms in total. The number of fused-ring (bicyclic) bond motifs is 1. The summed E-state index contributed by atoms with van der Waals surface area (Å²) in [5, 5.41) is 13.9. The Kier molecular flexibility index (Phi) is 6.78. The van der Waals surface area contributed by atoms with Gasteiger partial charge in [-0.3, -0.25) is 14.0 Å². The van der Waals surface area contributed by atoms with E-state index < -0.39 is 6.04 Å². The highest BCUT2D eigenvalue weighted by atomic mass is 16.5. The molecule has 0 spiro atoms. The van der Waals surface area contributed by atoms with Crippen LogP contribution in [-0.2, 0) is 16.0 Å². The van der Waals surface area contributed by atoms with Crippen LogP contribution < -0.4 is 15.4 Å². The van der Waals surface area contributed by atoms with Crippen LogP contribution in [0.1, 0.15) is 19.7 Å². The Balaban J connectivity index is 1.49. The van der Waals surface area contributed by atoms with Crippen molar-refractivity contribution in [1.29, 1.82) is 0 Å². The maximum atomic E-state index is 12.6. The smallest absolute Gasteiger partial charge is 0.258 e. The lowest BCUT2D eigenvalue weighted by atomic mass is 10.0. The molecule has 0 saturated heterocycles. The number of aromatic nitrogens is 3. The molecule has 29 heavy (non-hydrogen) atoms. The quantitative estimate of drug-likeness (QED) is 0.574. The molecule has 1 unspecified atom stereocenters. The summed E-state index contributed by atoms with van der Waals surface area (Å²) in [5.74, 6) is 0.730. The molecule has 1 atom stereocenters. The lowest BCUT2D eigenvalue weighted by molar-refractivity contribution is -0.131. The number of nitrogens with zero attached hydrogens (tertiary/aromatic N) is 3. The van der Waals surface area contributed by atoms with Crippen LogP contribution in [0.4, 0.5) is 0 Å². The molecule has 3 rings (SSSR count). The Morgan fingerprint density at radius 1 is 1.07 bits per heavy atom. The largest absolute Gasteiger partial charge is 0.484 e. The fraction of sp³-hybridized carbons (Fsp3) is 0.333. The van der Waals surface area contributed by atoms with Gasteiger partial charge in [-0.05, 0) is 30.2 Å². The van der Waals surface area contributed by atoms with Gasteiger partial charge in [0.2, 0.25) is 5.91 Å². The highest BCUT2D eigenvalue weighted by Gasteiger charge is 2.24. The van der Waals surface area contributed by atoms with Gasteiger partial charge in [0, 0.05) is 19.2 Å². The van der Waals surface area contributed by atoms with Gasteiger partial charge in [-0.2, -0.15) is 0 Å². The molecule has 152 valence electrons. The second kappa shape index (κ2) is 9.68. The number of nitrogens with one attached hydrogen (secondary N) is 2. The van der Waals surface area contributed by atoms with Gasteiger partial charge in [-0.15, -0.1) is 10.2 Å². The van der Waals surface area contributed by atoms with Crippen LogP contribution in [0.2, 0.25) is 0 Å². The van der Waals surface area contributed by atoms with Crippen LogP contribution in [0.5, 0.6) is 5.75 Å². The van der Waals surface area contributed by atoms with E-state index >= 15 is 0 Å². The first-order valence-electron chi connectivity index (χ1n) is 9.58. The van der Waals surface area contributed by atoms with E-state index in [1.165, 1.54) is 0 Å². The van der Waals surface area contributed by atoms with E-state index in [0.29, 0.717) is 18.7 Å². The molecule has 3 aromatic rings. The third kappa shape index (κ3) is 5.54. The number of ether oxygens (including phenoxy) is 1. The van der Waals surface area contributed by atoms with E-state index in [-0.39, 0.29) is 24.3 Å². The lowest BCUT2D eigenvalue weighted by Gasteiger charge is -2.21. The molecule has 0 radical (unpaired) electrons. The normalized spacial score (nSPS) is 12.0. The highest BCUT2D eigenvalue weighted by Crippen LogP contribution is 2.08. The van der Waals surface area contributed by atoms with Crippen molar-refractivity contribution in [3.63, 3.8) is 0 Å². The van der Waals surface area contributed by atoms with Gasteiger partial charge in [0.25, 0.3) is 5.91 Å². The number of para-hydroxylation sites is 1. The average molecular weight is 395 g/mol. The van der Waals surface area contributed by atoms with Crippen molar-refractivity contribution in [3.8, 4) is 5.75 Å². The highest BCUT2D eigenvalue weighted by molar-refractivity contribution is 5.88. The average Bonchev–Trinajstić information content (AvgIpc) is 3.14. The van der Waals surface area contributed by atoms with E-state index in [2.05, 4.69) is 20.8 Å². The summed E-state index contributed by atoms with van der Waals surface area (Å²) in [6, 6.07) is 14.1. The molecule has 1 aromatic carbocycles. The Morgan fingerprint density at radius 3 is 2.59 bits per heavy atom. The summed E-state index contributed by atoms with van der Waals surface area (Å²) in [4.78, 5) is 24.8. The van der Waals surface area contributed by atoms with Gasteiger partial charge >= 0.3 is 0 Å². The summed E-state index contributed by atoms with van der Waals surface area (Å²) >= 11 is 0. The minimum Gasteiger partial charge on any atom is -0.484 e. The van der Waals surface area contributed by atoms with Gasteiger partial charge in [0.1, 0.15) is 17.6 Å². The Bertz CT molecular complexity index is 955. The number of pyridine rings is 1. The molecule has 8 heteroatoms. The van der Waals surface area contributed by atoms with E-state index in [1.54, 1.807) is 12.1 Å². The first-order valence-corrected chi connectivity index (χ1v) is 9.58. The maximum Gasteiger partial charge on any atom is 0.258 e. The van der Waals surface area contributed by atoms with Crippen molar-refractivity contribution in [2.24, 2.45) is 5.92 Å². The summed E-state index contributed by atoms with van der Waals surface area (Å²) in [5.41, 5.74) is 0.763. The van der Waals surface area contributed by atoms with Crippen molar-refractivity contribution >= 4 is 17.5 Å².